The van der Waals surface area contributed by atoms with Gasteiger partial charge in [-0.2, -0.15) is 0 Å². The Morgan fingerprint density at radius 1 is 1.39 bits per heavy atom. The molecule has 0 bridgehead atoms. The van der Waals surface area contributed by atoms with Crippen LogP contribution in [0.3, 0.4) is 0 Å². The zero-order chi connectivity index (χ0) is 17.1. The standard InChI is InChI=1S/C16H30N4O3/c1-5-17-13(18-10-16(11-21)6-7-16)19-12-8-20(9-12)14(22)23-15(2,3)4/h12,21H,5-11H2,1-4H3,(H2,17,18,19). The summed E-state index contributed by atoms with van der Waals surface area (Å²) in [6.45, 7) is 10.5. The molecule has 2 fully saturated rings. The van der Waals surface area contributed by atoms with E-state index in [0.29, 0.717) is 19.6 Å². The summed E-state index contributed by atoms with van der Waals surface area (Å²) in [5.74, 6) is 0.751. The van der Waals surface area contributed by atoms with Crippen LogP contribution in [0.15, 0.2) is 4.99 Å². The summed E-state index contributed by atoms with van der Waals surface area (Å²) in [7, 11) is 0. The lowest BCUT2D eigenvalue weighted by molar-refractivity contribution is 0.00700. The first kappa shape index (κ1) is 17.8. The van der Waals surface area contributed by atoms with Gasteiger partial charge < -0.3 is 25.4 Å². The number of guanidine groups is 1. The van der Waals surface area contributed by atoms with E-state index in [1.165, 1.54) is 0 Å². The van der Waals surface area contributed by atoms with Crippen LogP contribution in [-0.2, 0) is 4.74 Å². The van der Waals surface area contributed by atoms with E-state index in [0.717, 1.165) is 25.3 Å². The maximum atomic E-state index is 11.9. The monoisotopic (exact) mass is 326 g/mol. The normalized spacial score (nSPS) is 20.7. The van der Waals surface area contributed by atoms with Gasteiger partial charge >= 0.3 is 6.09 Å². The molecule has 7 heteroatoms. The molecule has 23 heavy (non-hydrogen) atoms. The van der Waals surface area contributed by atoms with Crippen molar-refractivity contribution in [1.29, 1.82) is 0 Å². The largest absolute Gasteiger partial charge is 0.444 e. The summed E-state index contributed by atoms with van der Waals surface area (Å²) >= 11 is 0. The highest BCUT2D eigenvalue weighted by atomic mass is 16.6. The van der Waals surface area contributed by atoms with Gasteiger partial charge in [-0.15, -0.1) is 0 Å². The Labute approximate surface area is 138 Å². The second-order valence-corrected chi connectivity index (χ2v) is 7.58. The molecular weight excluding hydrogens is 296 g/mol. The Hall–Kier alpha value is -1.50. The Kier molecular flexibility index (Phi) is 5.39. The molecule has 1 aliphatic carbocycles. The third kappa shape index (κ3) is 5.27. The molecule has 1 aliphatic heterocycles. The molecule has 0 aromatic heterocycles. The number of ether oxygens (including phenoxy) is 1. The number of carbonyl (C=O) groups excluding carboxylic acids is 1. The van der Waals surface area contributed by atoms with Crippen LogP contribution in [0.5, 0.6) is 0 Å². The lowest BCUT2D eigenvalue weighted by Crippen LogP contribution is -2.63. The molecule has 1 heterocycles. The number of nitrogens with one attached hydrogen (secondary N) is 2. The quantitative estimate of drug-likeness (QED) is 0.517. The number of aliphatic hydroxyl groups is 1. The van der Waals surface area contributed by atoms with Crippen LogP contribution in [0.25, 0.3) is 0 Å². The van der Waals surface area contributed by atoms with Crippen LogP contribution in [0.4, 0.5) is 4.79 Å². The molecule has 1 amide bonds. The van der Waals surface area contributed by atoms with Crippen LogP contribution in [-0.4, -0.2) is 66.5 Å². The summed E-state index contributed by atoms with van der Waals surface area (Å²) in [5.41, 5.74) is -0.459. The maximum Gasteiger partial charge on any atom is 0.410 e. The van der Waals surface area contributed by atoms with Gasteiger partial charge in [-0.1, -0.05) is 0 Å². The summed E-state index contributed by atoms with van der Waals surface area (Å²) in [6.07, 6.45) is 1.82. The van der Waals surface area contributed by atoms with Crippen LogP contribution < -0.4 is 10.6 Å². The minimum atomic E-state index is -0.463. The van der Waals surface area contributed by atoms with Crippen molar-refractivity contribution in [3.8, 4) is 0 Å². The van der Waals surface area contributed by atoms with Crippen molar-refractivity contribution in [3.63, 3.8) is 0 Å². The van der Waals surface area contributed by atoms with E-state index in [2.05, 4.69) is 15.6 Å². The van der Waals surface area contributed by atoms with Crippen molar-refractivity contribution >= 4 is 12.1 Å². The van der Waals surface area contributed by atoms with Gasteiger partial charge in [0.1, 0.15) is 5.60 Å². The lowest BCUT2D eigenvalue weighted by atomic mass is 10.1. The van der Waals surface area contributed by atoms with E-state index in [1.807, 2.05) is 27.7 Å². The van der Waals surface area contributed by atoms with Crippen molar-refractivity contribution in [1.82, 2.24) is 15.5 Å². The summed E-state index contributed by atoms with van der Waals surface area (Å²) in [6, 6.07) is 0.185. The Bertz CT molecular complexity index is 449. The van der Waals surface area contributed by atoms with Crippen molar-refractivity contribution in [2.45, 2.75) is 52.2 Å². The topological polar surface area (TPSA) is 86.2 Å². The number of amides is 1. The van der Waals surface area contributed by atoms with Gasteiger partial charge in [-0.05, 0) is 40.5 Å². The minimum absolute atomic E-state index is 0.00448. The first-order valence-electron chi connectivity index (χ1n) is 8.40. The first-order chi connectivity index (χ1) is 10.8. The highest BCUT2D eigenvalue weighted by molar-refractivity contribution is 5.80. The molecule has 3 N–H and O–H groups in total. The molecule has 0 unspecified atom stereocenters. The second kappa shape index (κ2) is 6.95. The second-order valence-electron chi connectivity index (χ2n) is 7.58. The number of aliphatic imine (C=N–C) groups is 1. The summed E-state index contributed by atoms with van der Waals surface area (Å²) in [5, 5.41) is 15.9. The number of rotatable bonds is 5. The van der Waals surface area contributed by atoms with E-state index < -0.39 is 5.60 Å². The third-order valence-electron chi connectivity index (χ3n) is 4.08. The third-order valence-corrected chi connectivity index (χ3v) is 4.08. The lowest BCUT2D eigenvalue weighted by Gasteiger charge is -2.40. The zero-order valence-electron chi connectivity index (χ0n) is 14.7. The van der Waals surface area contributed by atoms with Gasteiger partial charge in [0.05, 0.1) is 19.2 Å². The highest BCUT2D eigenvalue weighted by Crippen LogP contribution is 2.45. The number of hydrogen-bond donors (Lipinski definition) is 3. The van der Waals surface area contributed by atoms with Crippen molar-refractivity contribution < 1.29 is 14.6 Å². The van der Waals surface area contributed by atoms with Crippen molar-refractivity contribution in [3.05, 3.63) is 0 Å². The minimum Gasteiger partial charge on any atom is -0.444 e. The van der Waals surface area contributed by atoms with Gasteiger partial charge in [0.25, 0.3) is 0 Å². The number of nitrogens with zero attached hydrogens (tertiary/aromatic N) is 2. The predicted octanol–water partition coefficient (Wildman–Crippen LogP) is 0.933. The Morgan fingerprint density at radius 2 is 2.04 bits per heavy atom. The van der Waals surface area contributed by atoms with E-state index in [4.69, 9.17) is 4.74 Å². The van der Waals surface area contributed by atoms with Crippen LogP contribution in [0.1, 0.15) is 40.5 Å². The molecule has 2 rings (SSSR count). The fraction of sp³-hybridized carbons (Fsp3) is 0.875. The van der Waals surface area contributed by atoms with Gasteiger partial charge in [0.15, 0.2) is 5.96 Å². The van der Waals surface area contributed by atoms with Gasteiger partial charge in [0, 0.05) is 25.0 Å². The fourth-order valence-corrected chi connectivity index (χ4v) is 2.35. The SMILES string of the molecule is CCNC(=NCC1(CO)CC1)NC1CN(C(=O)OC(C)(C)C)C1. The van der Waals surface area contributed by atoms with Gasteiger partial charge in [-0.25, -0.2) is 4.79 Å². The summed E-state index contributed by atoms with van der Waals surface area (Å²) in [4.78, 5) is 18.2. The molecule has 0 aromatic carbocycles. The number of aliphatic hydroxyl groups excluding tert-OH is 1. The maximum absolute atomic E-state index is 11.9. The highest BCUT2D eigenvalue weighted by Gasteiger charge is 2.42. The van der Waals surface area contributed by atoms with Gasteiger partial charge in [0.2, 0.25) is 0 Å². The first-order valence-corrected chi connectivity index (χ1v) is 8.40. The van der Waals surface area contributed by atoms with Crippen molar-refractivity contribution in [2.24, 2.45) is 10.4 Å². The van der Waals surface area contributed by atoms with E-state index >= 15 is 0 Å². The molecular formula is C16H30N4O3. The van der Waals surface area contributed by atoms with E-state index in [9.17, 15) is 9.90 Å². The Balaban J connectivity index is 1.77. The molecule has 0 radical (unpaired) electrons. The van der Waals surface area contributed by atoms with Crippen LogP contribution >= 0.6 is 0 Å². The smallest absolute Gasteiger partial charge is 0.410 e. The summed E-state index contributed by atoms with van der Waals surface area (Å²) < 4.78 is 5.34. The zero-order valence-corrected chi connectivity index (χ0v) is 14.7. The van der Waals surface area contributed by atoms with E-state index in [-0.39, 0.29) is 24.2 Å². The van der Waals surface area contributed by atoms with Crippen LogP contribution in [0.2, 0.25) is 0 Å². The molecule has 2 aliphatic rings. The van der Waals surface area contributed by atoms with Crippen LogP contribution in [0, 0.1) is 5.41 Å². The molecule has 0 aromatic rings. The molecule has 7 nitrogen and oxygen atoms in total. The van der Waals surface area contributed by atoms with Gasteiger partial charge in [-0.3, -0.25) is 4.99 Å². The molecule has 132 valence electrons. The molecule has 1 saturated heterocycles. The molecule has 1 saturated carbocycles. The Morgan fingerprint density at radius 3 is 2.52 bits per heavy atom. The molecule has 0 atom stereocenters. The van der Waals surface area contributed by atoms with Crippen molar-refractivity contribution in [2.75, 3.05) is 32.8 Å². The van der Waals surface area contributed by atoms with E-state index in [1.54, 1.807) is 4.90 Å². The molecule has 0 spiro atoms. The number of carbonyl (C=O) groups is 1. The number of likely N-dealkylation sites (tertiary alicyclic amines) is 1. The fourth-order valence-electron chi connectivity index (χ4n) is 2.35. The average molecular weight is 326 g/mol. The number of hydrogen-bond acceptors (Lipinski definition) is 4. The predicted molar refractivity (Wildman–Crippen MR) is 89.5 cm³/mol. The average Bonchev–Trinajstić information content (AvgIpc) is 3.18.